The lowest BCUT2D eigenvalue weighted by molar-refractivity contribution is -0.134. The number of benzene rings is 2. The maximum atomic E-state index is 13.9. The van der Waals surface area contributed by atoms with E-state index in [1.807, 2.05) is 44.2 Å². The van der Waals surface area contributed by atoms with Crippen molar-refractivity contribution < 1.29 is 19.5 Å². The monoisotopic (exact) mass is 449 g/mol. The van der Waals surface area contributed by atoms with Crippen LogP contribution in [0.1, 0.15) is 56.0 Å². The van der Waals surface area contributed by atoms with E-state index < -0.39 is 11.8 Å². The maximum absolute atomic E-state index is 13.9. The van der Waals surface area contributed by atoms with E-state index >= 15 is 0 Å². The Kier molecular flexibility index (Phi) is 6.01. The number of aliphatic hydroxyl groups is 1. The summed E-state index contributed by atoms with van der Waals surface area (Å²) in [6, 6.07) is 16.5. The standard InChI is InChI=1S/C26H31N3O4/c1-18(30)15-25(2,3)17-27-24(33)26-14-13-22(31)29(26)21-12-8-7-11-20(21)23(32)28(26)16-19-9-5-4-6-10-19/h4-12,18,30H,13-17H2,1-3H3,(H,27,33)/t18-,26+/m0/s1. The third-order valence-corrected chi connectivity index (χ3v) is 6.50. The second-order valence-electron chi connectivity index (χ2n) is 9.84. The highest BCUT2D eigenvalue weighted by Gasteiger charge is 2.60. The molecule has 0 aromatic heterocycles. The molecular weight excluding hydrogens is 418 g/mol. The molecule has 3 amide bonds. The summed E-state index contributed by atoms with van der Waals surface area (Å²) in [5, 5.41) is 12.8. The van der Waals surface area contributed by atoms with E-state index in [1.165, 1.54) is 4.90 Å². The van der Waals surface area contributed by atoms with Gasteiger partial charge in [0, 0.05) is 25.9 Å². The van der Waals surface area contributed by atoms with Crippen molar-refractivity contribution in [2.24, 2.45) is 5.41 Å². The number of para-hydroxylation sites is 1. The molecule has 0 bridgehead atoms. The Morgan fingerprint density at radius 1 is 1.12 bits per heavy atom. The van der Waals surface area contributed by atoms with Gasteiger partial charge in [0.05, 0.1) is 17.4 Å². The SMILES string of the molecule is C[C@H](O)CC(C)(C)CNC(=O)[C@@]12CCC(=O)N1c1ccccc1C(=O)N2Cc1ccccc1. The Morgan fingerprint density at radius 3 is 2.48 bits per heavy atom. The molecule has 1 fully saturated rings. The summed E-state index contributed by atoms with van der Waals surface area (Å²) in [5.41, 5.74) is -0.00557. The number of rotatable bonds is 7. The molecule has 0 radical (unpaired) electrons. The van der Waals surface area contributed by atoms with Crippen molar-refractivity contribution in [1.82, 2.24) is 10.2 Å². The Morgan fingerprint density at radius 2 is 1.79 bits per heavy atom. The number of aliphatic hydroxyl groups excluding tert-OH is 1. The third-order valence-electron chi connectivity index (χ3n) is 6.50. The van der Waals surface area contributed by atoms with Gasteiger partial charge in [0.1, 0.15) is 0 Å². The van der Waals surface area contributed by atoms with Gasteiger partial charge in [-0.3, -0.25) is 19.3 Å². The minimum absolute atomic E-state index is 0.175. The molecule has 1 saturated heterocycles. The summed E-state index contributed by atoms with van der Waals surface area (Å²) in [4.78, 5) is 43.7. The van der Waals surface area contributed by atoms with E-state index in [9.17, 15) is 19.5 Å². The summed E-state index contributed by atoms with van der Waals surface area (Å²) in [6.45, 7) is 6.19. The summed E-state index contributed by atoms with van der Waals surface area (Å²) < 4.78 is 0. The average Bonchev–Trinajstić information content (AvgIpc) is 3.13. The fraction of sp³-hybridized carbons (Fsp3) is 0.423. The lowest BCUT2D eigenvalue weighted by Gasteiger charge is -2.49. The second-order valence-corrected chi connectivity index (χ2v) is 9.84. The highest BCUT2D eigenvalue weighted by atomic mass is 16.3. The lowest BCUT2D eigenvalue weighted by atomic mass is 9.86. The van der Waals surface area contributed by atoms with Crippen molar-refractivity contribution in [3.05, 3.63) is 65.7 Å². The number of nitrogens with zero attached hydrogens (tertiary/aromatic N) is 2. The zero-order valence-corrected chi connectivity index (χ0v) is 19.4. The van der Waals surface area contributed by atoms with E-state index in [4.69, 9.17) is 0 Å². The van der Waals surface area contributed by atoms with Gasteiger partial charge in [-0.15, -0.1) is 0 Å². The van der Waals surface area contributed by atoms with Crippen molar-refractivity contribution in [3.63, 3.8) is 0 Å². The molecule has 33 heavy (non-hydrogen) atoms. The van der Waals surface area contributed by atoms with Gasteiger partial charge in [0.15, 0.2) is 0 Å². The van der Waals surface area contributed by atoms with Crippen molar-refractivity contribution in [2.75, 3.05) is 11.4 Å². The van der Waals surface area contributed by atoms with Crippen LogP contribution in [0.2, 0.25) is 0 Å². The first-order valence-electron chi connectivity index (χ1n) is 11.4. The highest BCUT2D eigenvalue weighted by molar-refractivity contribution is 6.16. The van der Waals surface area contributed by atoms with Gasteiger partial charge in [-0.25, -0.2) is 0 Å². The van der Waals surface area contributed by atoms with E-state index in [0.717, 1.165) is 5.56 Å². The highest BCUT2D eigenvalue weighted by Crippen LogP contribution is 2.45. The smallest absolute Gasteiger partial charge is 0.267 e. The average molecular weight is 450 g/mol. The number of anilines is 1. The van der Waals surface area contributed by atoms with Gasteiger partial charge in [-0.1, -0.05) is 56.3 Å². The molecule has 7 nitrogen and oxygen atoms in total. The number of fused-ring (bicyclic) bond motifs is 3. The predicted molar refractivity (Wildman–Crippen MR) is 125 cm³/mol. The molecule has 0 unspecified atom stereocenters. The van der Waals surface area contributed by atoms with Gasteiger partial charge in [0.25, 0.3) is 11.8 Å². The van der Waals surface area contributed by atoms with Gasteiger partial charge >= 0.3 is 0 Å². The Balaban J connectivity index is 1.76. The fourth-order valence-corrected chi connectivity index (χ4v) is 5.10. The van der Waals surface area contributed by atoms with Crippen LogP contribution in [0.4, 0.5) is 5.69 Å². The number of nitrogens with one attached hydrogen (secondary N) is 1. The molecule has 0 saturated carbocycles. The van der Waals surface area contributed by atoms with Crippen LogP contribution < -0.4 is 10.2 Å². The molecule has 2 aromatic rings. The fourth-order valence-electron chi connectivity index (χ4n) is 5.10. The van der Waals surface area contributed by atoms with Crippen LogP contribution in [0, 0.1) is 5.41 Å². The first-order valence-corrected chi connectivity index (χ1v) is 11.4. The first kappa shape index (κ1) is 23.0. The van der Waals surface area contributed by atoms with Crippen molar-refractivity contribution in [3.8, 4) is 0 Å². The molecule has 2 atom stereocenters. The molecule has 2 aromatic carbocycles. The molecule has 2 heterocycles. The van der Waals surface area contributed by atoms with Crippen LogP contribution in [0.5, 0.6) is 0 Å². The van der Waals surface area contributed by atoms with Gasteiger partial charge in [-0.05, 0) is 36.5 Å². The molecule has 174 valence electrons. The maximum Gasteiger partial charge on any atom is 0.267 e. The van der Waals surface area contributed by atoms with Gasteiger partial charge < -0.3 is 15.3 Å². The predicted octanol–water partition coefficient (Wildman–Crippen LogP) is 3.08. The normalized spacial score (nSPS) is 21.0. The summed E-state index contributed by atoms with van der Waals surface area (Å²) in [5.74, 6) is -0.809. The van der Waals surface area contributed by atoms with Crippen molar-refractivity contribution in [2.45, 2.75) is 58.3 Å². The number of carbonyl (C=O) groups excluding carboxylic acids is 3. The Bertz CT molecular complexity index is 1070. The summed E-state index contributed by atoms with van der Waals surface area (Å²) in [7, 11) is 0. The number of hydrogen-bond acceptors (Lipinski definition) is 4. The first-order chi connectivity index (χ1) is 15.7. The van der Waals surface area contributed by atoms with E-state index in [-0.39, 0.29) is 42.5 Å². The lowest BCUT2D eigenvalue weighted by Crippen LogP contribution is -2.70. The second kappa shape index (κ2) is 8.63. The van der Waals surface area contributed by atoms with E-state index in [0.29, 0.717) is 24.2 Å². The molecule has 0 spiro atoms. The van der Waals surface area contributed by atoms with Crippen LogP contribution >= 0.6 is 0 Å². The zero-order chi connectivity index (χ0) is 23.8. The molecule has 0 aliphatic carbocycles. The van der Waals surface area contributed by atoms with Gasteiger partial charge in [0.2, 0.25) is 11.6 Å². The van der Waals surface area contributed by atoms with Crippen LogP contribution in [0.15, 0.2) is 54.6 Å². The summed E-state index contributed by atoms with van der Waals surface area (Å²) >= 11 is 0. The topological polar surface area (TPSA) is 90.0 Å². The van der Waals surface area contributed by atoms with E-state index in [2.05, 4.69) is 5.32 Å². The number of amides is 3. The Hall–Kier alpha value is -3.19. The third kappa shape index (κ3) is 4.13. The number of hydrogen-bond donors (Lipinski definition) is 2. The van der Waals surface area contributed by atoms with Gasteiger partial charge in [-0.2, -0.15) is 0 Å². The largest absolute Gasteiger partial charge is 0.393 e. The Labute approximate surface area is 194 Å². The molecule has 4 rings (SSSR count). The van der Waals surface area contributed by atoms with Crippen LogP contribution in [-0.4, -0.2) is 46.0 Å². The van der Waals surface area contributed by atoms with Crippen LogP contribution in [0.25, 0.3) is 0 Å². The van der Waals surface area contributed by atoms with E-state index in [1.54, 1.807) is 36.1 Å². The zero-order valence-electron chi connectivity index (χ0n) is 19.4. The summed E-state index contributed by atoms with van der Waals surface area (Å²) in [6.07, 6.45) is 0.411. The minimum atomic E-state index is -1.43. The molecule has 2 aliphatic rings. The molecule has 2 aliphatic heterocycles. The number of carbonyl (C=O) groups is 3. The molecule has 2 N–H and O–H groups in total. The van der Waals surface area contributed by atoms with Crippen LogP contribution in [-0.2, 0) is 16.1 Å². The molecular formula is C26H31N3O4. The molecule has 7 heteroatoms. The van der Waals surface area contributed by atoms with Crippen molar-refractivity contribution in [1.29, 1.82) is 0 Å². The van der Waals surface area contributed by atoms with Crippen molar-refractivity contribution >= 4 is 23.4 Å². The minimum Gasteiger partial charge on any atom is -0.393 e. The van der Waals surface area contributed by atoms with Crippen LogP contribution in [0.3, 0.4) is 0 Å². The quantitative estimate of drug-likeness (QED) is 0.680.